The van der Waals surface area contributed by atoms with Crippen LogP contribution in [0.4, 0.5) is 0 Å². The maximum Gasteiger partial charge on any atom is 0.253 e. The molecule has 2 heterocycles. The van der Waals surface area contributed by atoms with E-state index in [4.69, 9.17) is 0 Å². The first-order valence-electron chi connectivity index (χ1n) is 5.43. The number of halogens is 1. The number of rotatable bonds is 3. The van der Waals surface area contributed by atoms with Crippen molar-refractivity contribution in [3.05, 3.63) is 54.5 Å². The fraction of sp³-hybridized carbons (Fsp3) is 0.231. The van der Waals surface area contributed by atoms with Crippen LogP contribution in [0.25, 0.3) is 0 Å². The third kappa shape index (κ3) is 2.79. The Morgan fingerprint density at radius 2 is 2.11 bits per heavy atom. The van der Waals surface area contributed by atoms with Crippen LogP contribution < -0.4 is 5.56 Å². The monoisotopic (exact) mass is 325 g/mol. The van der Waals surface area contributed by atoms with Gasteiger partial charge in [0, 0.05) is 21.1 Å². The minimum absolute atomic E-state index is 0.0345. The third-order valence-corrected chi connectivity index (χ3v) is 4.04. The molecule has 0 amide bonds. The molecule has 2 aromatic heterocycles. The maximum atomic E-state index is 12.0. The Morgan fingerprint density at radius 1 is 1.39 bits per heavy atom. The van der Waals surface area contributed by atoms with Crippen molar-refractivity contribution < 1.29 is 4.79 Å². The molecule has 0 radical (unpaired) electrons. The Hall–Kier alpha value is -1.20. The van der Waals surface area contributed by atoms with E-state index in [-0.39, 0.29) is 17.9 Å². The lowest BCUT2D eigenvalue weighted by Gasteiger charge is -2.06. The number of nitrogens with zero attached hydrogens (tertiary/aromatic N) is 1. The summed E-state index contributed by atoms with van der Waals surface area (Å²) in [6.45, 7) is 3.78. The lowest BCUT2D eigenvalue weighted by molar-refractivity contribution is 0.0974. The van der Waals surface area contributed by atoms with Crippen molar-refractivity contribution in [2.45, 2.75) is 20.4 Å². The van der Waals surface area contributed by atoms with Crippen molar-refractivity contribution in [3.63, 3.8) is 0 Å². The number of ketones is 1. The number of carbonyl (C=O) groups is 1. The first-order valence-corrected chi connectivity index (χ1v) is 7.04. The van der Waals surface area contributed by atoms with Crippen LogP contribution in [-0.2, 0) is 6.54 Å². The highest BCUT2D eigenvalue weighted by molar-refractivity contribution is 9.10. The second-order valence-electron chi connectivity index (χ2n) is 4.11. The predicted octanol–water partition coefficient (Wildman–Crippen LogP) is 3.17. The van der Waals surface area contributed by atoms with Crippen LogP contribution in [0, 0.1) is 13.8 Å². The van der Waals surface area contributed by atoms with E-state index >= 15 is 0 Å². The first kappa shape index (κ1) is 13.2. The number of pyridine rings is 1. The molecule has 0 aliphatic carbocycles. The van der Waals surface area contributed by atoms with Crippen LogP contribution in [0.5, 0.6) is 0 Å². The van der Waals surface area contributed by atoms with Gasteiger partial charge in [-0.2, -0.15) is 0 Å². The number of Topliss-reactive ketones (excluding diaryl/α,β-unsaturated/α-hetero) is 1. The molecule has 0 N–H and O–H groups in total. The zero-order valence-electron chi connectivity index (χ0n) is 10.1. The number of aromatic nitrogens is 1. The minimum Gasteiger partial charge on any atom is -0.306 e. The Balaban J connectivity index is 2.30. The number of aryl methyl sites for hydroxylation is 2. The SMILES string of the molecule is Cc1ccc(C(=O)Cn2cc(Br)cc(C)c2=O)s1. The summed E-state index contributed by atoms with van der Waals surface area (Å²) < 4.78 is 2.24. The summed E-state index contributed by atoms with van der Waals surface area (Å²) in [7, 11) is 0. The molecular weight excluding hydrogens is 314 g/mol. The quantitative estimate of drug-likeness (QED) is 0.813. The lowest BCUT2D eigenvalue weighted by atomic mass is 10.3. The van der Waals surface area contributed by atoms with E-state index in [9.17, 15) is 9.59 Å². The van der Waals surface area contributed by atoms with Crippen molar-refractivity contribution in [1.29, 1.82) is 0 Å². The van der Waals surface area contributed by atoms with Gasteiger partial charge in [-0.15, -0.1) is 11.3 Å². The van der Waals surface area contributed by atoms with E-state index in [1.165, 1.54) is 15.9 Å². The fourth-order valence-electron chi connectivity index (χ4n) is 1.67. The Bertz CT molecular complexity index is 657. The van der Waals surface area contributed by atoms with Crippen molar-refractivity contribution >= 4 is 33.0 Å². The van der Waals surface area contributed by atoms with E-state index < -0.39 is 0 Å². The third-order valence-electron chi connectivity index (χ3n) is 2.56. The smallest absolute Gasteiger partial charge is 0.253 e. The van der Waals surface area contributed by atoms with Gasteiger partial charge in [0.2, 0.25) is 0 Å². The molecule has 0 aliphatic heterocycles. The largest absolute Gasteiger partial charge is 0.306 e. The molecule has 18 heavy (non-hydrogen) atoms. The zero-order chi connectivity index (χ0) is 13.3. The molecular formula is C13H12BrNO2S. The number of hydrogen-bond donors (Lipinski definition) is 0. The molecule has 2 rings (SSSR count). The summed E-state index contributed by atoms with van der Waals surface area (Å²) in [5, 5.41) is 0. The number of thiophene rings is 1. The highest BCUT2D eigenvalue weighted by atomic mass is 79.9. The van der Waals surface area contributed by atoms with Gasteiger partial charge in [-0.1, -0.05) is 0 Å². The number of carbonyl (C=O) groups excluding carboxylic acids is 1. The minimum atomic E-state index is -0.125. The van der Waals surface area contributed by atoms with E-state index in [0.717, 1.165) is 9.35 Å². The summed E-state index contributed by atoms with van der Waals surface area (Å²) in [5.74, 6) is -0.0345. The zero-order valence-corrected chi connectivity index (χ0v) is 12.5. The molecule has 0 bridgehead atoms. The Morgan fingerprint density at radius 3 is 2.72 bits per heavy atom. The topological polar surface area (TPSA) is 39.1 Å². The molecule has 0 aliphatic rings. The van der Waals surface area contributed by atoms with Gasteiger partial charge in [0.25, 0.3) is 5.56 Å². The average Bonchev–Trinajstić information content (AvgIpc) is 2.72. The standard InChI is InChI=1S/C13H12BrNO2S/c1-8-5-10(14)6-15(13(8)17)7-11(16)12-4-3-9(2)18-12/h3-6H,7H2,1-2H3. The van der Waals surface area contributed by atoms with Gasteiger partial charge in [0.1, 0.15) is 0 Å². The number of hydrogen-bond acceptors (Lipinski definition) is 3. The van der Waals surface area contributed by atoms with Crippen LogP contribution in [-0.4, -0.2) is 10.4 Å². The van der Waals surface area contributed by atoms with Gasteiger partial charge >= 0.3 is 0 Å². The van der Waals surface area contributed by atoms with Crippen LogP contribution in [0.2, 0.25) is 0 Å². The molecule has 0 saturated carbocycles. The van der Waals surface area contributed by atoms with E-state index in [0.29, 0.717) is 10.4 Å². The molecule has 2 aromatic rings. The van der Waals surface area contributed by atoms with Crippen molar-refractivity contribution in [1.82, 2.24) is 4.57 Å². The van der Waals surface area contributed by atoms with Gasteiger partial charge in [0.05, 0.1) is 11.4 Å². The second kappa shape index (κ2) is 5.20. The molecule has 5 heteroatoms. The Labute approximate surface area is 117 Å². The molecule has 0 unspecified atom stereocenters. The van der Waals surface area contributed by atoms with Gasteiger partial charge in [-0.05, 0) is 48.0 Å². The van der Waals surface area contributed by atoms with Crippen LogP contribution in [0.15, 0.2) is 33.7 Å². The first-order chi connectivity index (χ1) is 8.47. The highest BCUT2D eigenvalue weighted by Gasteiger charge is 2.11. The van der Waals surface area contributed by atoms with E-state index in [1.54, 1.807) is 25.3 Å². The van der Waals surface area contributed by atoms with Gasteiger partial charge < -0.3 is 4.57 Å². The van der Waals surface area contributed by atoms with Gasteiger partial charge in [0.15, 0.2) is 5.78 Å². The Kier molecular flexibility index (Phi) is 3.82. The summed E-state index contributed by atoms with van der Waals surface area (Å²) in [6, 6.07) is 5.46. The summed E-state index contributed by atoms with van der Waals surface area (Å²) in [4.78, 5) is 25.7. The van der Waals surface area contributed by atoms with Crippen LogP contribution in [0.3, 0.4) is 0 Å². The van der Waals surface area contributed by atoms with Gasteiger partial charge in [-0.3, -0.25) is 9.59 Å². The summed E-state index contributed by atoms with van der Waals surface area (Å²) in [6.07, 6.45) is 1.65. The highest BCUT2D eigenvalue weighted by Crippen LogP contribution is 2.16. The van der Waals surface area contributed by atoms with Crippen LogP contribution >= 0.6 is 27.3 Å². The van der Waals surface area contributed by atoms with Crippen molar-refractivity contribution in [2.24, 2.45) is 0 Å². The molecule has 3 nitrogen and oxygen atoms in total. The molecule has 0 saturated heterocycles. The van der Waals surface area contributed by atoms with Crippen molar-refractivity contribution in [3.8, 4) is 0 Å². The predicted molar refractivity (Wildman–Crippen MR) is 76.5 cm³/mol. The van der Waals surface area contributed by atoms with Gasteiger partial charge in [-0.25, -0.2) is 0 Å². The van der Waals surface area contributed by atoms with E-state index in [1.807, 2.05) is 13.0 Å². The molecule has 0 fully saturated rings. The second-order valence-corrected chi connectivity index (χ2v) is 6.31. The molecule has 0 atom stereocenters. The summed E-state index contributed by atoms with van der Waals surface area (Å²) in [5.41, 5.74) is 0.499. The normalized spacial score (nSPS) is 10.6. The molecule has 0 spiro atoms. The fourth-order valence-corrected chi connectivity index (χ4v) is 3.06. The maximum absolute atomic E-state index is 12.0. The summed E-state index contributed by atoms with van der Waals surface area (Å²) >= 11 is 4.78. The average molecular weight is 326 g/mol. The van der Waals surface area contributed by atoms with E-state index in [2.05, 4.69) is 15.9 Å². The molecule has 0 aromatic carbocycles. The van der Waals surface area contributed by atoms with Crippen LogP contribution in [0.1, 0.15) is 20.1 Å². The van der Waals surface area contributed by atoms with Crippen molar-refractivity contribution in [2.75, 3.05) is 0 Å². The molecule has 94 valence electrons. The lowest BCUT2D eigenvalue weighted by Crippen LogP contribution is -2.25.